The molecule has 1 unspecified atom stereocenters. The van der Waals surface area contributed by atoms with E-state index >= 15 is 0 Å². The predicted octanol–water partition coefficient (Wildman–Crippen LogP) is 1.25. The minimum absolute atomic E-state index is 0.0184. The molecule has 0 aliphatic carbocycles. The molecule has 0 aliphatic rings. The third-order valence-electron chi connectivity index (χ3n) is 2.79. The lowest BCUT2D eigenvalue weighted by atomic mass is 10.1. The lowest BCUT2D eigenvalue weighted by molar-refractivity contribution is 0.222. The van der Waals surface area contributed by atoms with Crippen molar-refractivity contribution in [2.45, 2.75) is 12.5 Å². The van der Waals surface area contributed by atoms with Crippen LogP contribution < -0.4 is 10.5 Å². The number of halogens is 1. The van der Waals surface area contributed by atoms with Gasteiger partial charge in [0.25, 0.3) is 0 Å². The van der Waals surface area contributed by atoms with Gasteiger partial charge in [0.15, 0.2) is 0 Å². The van der Waals surface area contributed by atoms with E-state index in [1.807, 2.05) is 19.2 Å². The zero-order chi connectivity index (χ0) is 13.5. The molecule has 1 aromatic rings. The summed E-state index contributed by atoms with van der Waals surface area (Å²) in [7, 11) is 3.68. The highest BCUT2D eigenvalue weighted by Crippen LogP contribution is 2.23. The summed E-state index contributed by atoms with van der Waals surface area (Å²) in [6.45, 7) is 1.58. The smallest absolute Gasteiger partial charge is 0.122 e. The highest BCUT2D eigenvalue weighted by Gasteiger charge is 2.08. The van der Waals surface area contributed by atoms with Gasteiger partial charge in [-0.1, -0.05) is 15.9 Å². The first-order chi connectivity index (χ1) is 8.56. The number of hydrogen-bond donors (Lipinski definition) is 2. The number of aliphatic hydroxyl groups excluding tert-OH is 1. The van der Waals surface area contributed by atoms with Crippen molar-refractivity contribution in [2.24, 2.45) is 5.73 Å². The maximum absolute atomic E-state index is 8.91. The van der Waals surface area contributed by atoms with Crippen LogP contribution in [0.3, 0.4) is 0 Å². The average Bonchev–Trinajstić information content (AvgIpc) is 2.36. The van der Waals surface area contributed by atoms with Crippen LogP contribution in [0.1, 0.15) is 5.56 Å². The fourth-order valence-electron chi connectivity index (χ4n) is 1.80. The second-order valence-electron chi connectivity index (χ2n) is 4.41. The van der Waals surface area contributed by atoms with Crippen molar-refractivity contribution in [2.75, 3.05) is 33.9 Å². The zero-order valence-corrected chi connectivity index (χ0v) is 12.5. The van der Waals surface area contributed by atoms with E-state index in [1.165, 1.54) is 0 Å². The molecule has 3 N–H and O–H groups in total. The molecule has 1 aromatic carbocycles. The standard InChI is InChI=1S/C13H21BrN2O2/c1-16(8-12(15)9-17)6-5-10-7-11(14)3-4-13(10)18-2/h3-4,7,12,17H,5-6,8-9,15H2,1-2H3. The Morgan fingerprint density at radius 1 is 1.50 bits per heavy atom. The minimum atomic E-state index is -0.181. The molecule has 1 rings (SSSR count). The lowest BCUT2D eigenvalue weighted by Gasteiger charge is -2.20. The lowest BCUT2D eigenvalue weighted by Crippen LogP contribution is -2.38. The second-order valence-corrected chi connectivity index (χ2v) is 5.33. The van der Waals surface area contributed by atoms with Crippen LogP contribution in [-0.4, -0.2) is 49.9 Å². The summed E-state index contributed by atoms with van der Waals surface area (Å²) < 4.78 is 6.38. The number of methoxy groups -OCH3 is 1. The molecule has 4 nitrogen and oxygen atoms in total. The van der Waals surface area contributed by atoms with Crippen molar-refractivity contribution >= 4 is 15.9 Å². The van der Waals surface area contributed by atoms with Gasteiger partial charge in [0.1, 0.15) is 5.75 Å². The third-order valence-corrected chi connectivity index (χ3v) is 3.28. The van der Waals surface area contributed by atoms with Gasteiger partial charge in [-0.05, 0) is 37.2 Å². The molecule has 0 fully saturated rings. The van der Waals surface area contributed by atoms with E-state index in [4.69, 9.17) is 15.6 Å². The summed E-state index contributed by atoms with van der Waals surface area (Å²) in [4.78, 5) is 2.11. The quantitative estimate of drug-likeness (QED) is 0.795. The summed E-state index contributed by atoms with van der Waals surface area (Å²) in [5.41, 5.74) is 6.86. The second kappa shape index (κ2) is 7.74. The van der Waals surface area contributed by atoms with Crippen LogP contribution >= 0.6 is 15.9 Å². The van der Waals surface area contributed by atoms with E-state index < -0.39 is 0 Å². The Kier molecular flexibility index (Phi) is 6.63. The average molecular weight is 317 g/mol. The molecule has 0 spiro atoms. The molecular weight excluding hydrogens is 296 g/mol. The first-order valence-corrected chi connectivity index (χ1v) is 6.73. The normalized spacial score (nSPS) is 12.8. The van der Waals surface area contributed by atoms with E-state index in [0.717, 1.165) is 28.8 Å². The van der Waals surface area contributed by atoms with Gasteiger partial charge in [0, 0.05) is 23.6 Å². The Balaban J connectivity index is 2.54. The van der Waals surface area contributed by atoms with Gasteiger partial charge >= 0.3 is 0 Å². The number of ether oxygens (including phenoxy) is 1. The molecule has 0 radical (unpaired) electrons. The van der Waals surface area contributed by atoms with E-state index in [1.54, 1.807) is 7.11 Å². The van der Waals surface area contributed by atoms with Crippen molar-refractivity contribution in [1.29, 1.82) is 0 Å². The molecule has 18 heavy (non-hydrogen) atoms. The monoisotopic (exact) mass is 316 g/mol. The van der Waals surface area contributed by atoms with Crippen LogP contribution in [-0.2, 0) is 6.42 Å². The van der Waals surface area contributed by atoms with Crippen molar-refractivity contribution < 1.29 is 9.84 Å². The predicted molar refractivity (Wildman–Crippen MR) is 77.0 cm³/mol. The van der Waals surface area contributed by atoms with Gasteiger partial charge in [-0.25, -0.2) is 0 Å². The van der Waals surface area contributed by atoms with Crippen molar-refractivity contribution in [1.82, 2.24) is 4.90 Å². The number of aliphatic hydroxyl groups is 1. The Bertz CT molecular complexity index is 374. The van der Waals surface area contributed by atoms with Crippen LogP contribution in [0.4, 0.5) is 0 Å². The molecule has 0 heterocycles. The van der Waals surface area contributed by atoms with Crippen LogP contribution in [0.25, 0.3) is 0 Å². The van der Waals surface area contributed by atoms with Crippen LogP contribution in [0.5, 0.6) is 5.75 Å². The Morgan fingerprint density at radius 3 is 2.83 bits per heavy atom. The summed E-state index contributed by atoms with van der Waals surface area (Å²) >= 11 is 3.46. The molecule has 0 amide bonds. The zero-order valence-electron chi connectivity index (χ0n) is 10.9. The Hall–Kier alpha value is -0.620. The summed E-state index contributed by atoms with van der Waals surface area (Å²) in [5, 5.41) is 8.91. The number of nitrogens with two attached hydrogens (primary N) is 1. The van der Waals surface area contributed by atoms with E-state index in [0.29, 0.717) is 6.54 Å². The van der Waals surface area contributed by atoms with Crippen LogP contribution in [0.15, 0.2) is 22.7 Å². The Morgan fingerprint density at radius 2 is 2.22 bits per heavy atom. The molecule has 102 valence electrons. The van der Waals surface area contributed by atoms with Crippen LogP contribution in [0, 0.1) is 0 Å². The molecule has 0 saturated carbocycles. The van der Waals surface area contributed by atoms with Crippen molar-refractivity contribution in [3.8, 4) is 5.75 Å². The minimum Gasteiger partial charge on any atom is -0.496 e. The molecule has 0 aliphatic heterocycles. The first-order valence-electron chi connectivity index (χ1n) is 5.94. The molecule has 0 saturated heterocycles. The van der Waals surface area contributed by atoms with Gasteiger partial charge in [-0.2, -0.15) is 0 Å². The topological polar surface area (TPSA) is 58.7 Å². The fraction of sp³-hybridized carbons (Fsp3) is 0.538. The number of rotatable bonds is 7. The third kappa shape index (κ3) is 4.94. The van der Waals surface area contributed by atoms with Gasteiger partial charge < -0.3 is 20.5 Å². The van der Waals surface area contributed by atoms with E-state index in [9.17, 15) is 0 Å². The van der Waals surface area contributed by atoms with Crippen molar-refractivity contribution in [3.63, 3.8) is 0 Å². The summed E-state index contributed by atoms with van der Waals surface area (Å²) in [5.74, 6) is 0.901. The van der Waals surface area contributed by atoms with Crippen molar-refractivity contribution in [3.05, 3.63) is 28.2 Å². The number of nitrogens with zero attached hydrogens (tertiary/aromatic N) is 1. The molecule has 0 aromatic heterocycles. The molecule has 1 atom stereocenters. The molecule has 5 heteroatoms. The van der Waals surface area contributed by atoms with Crippen LogP contribution in [0.2, 0.25) is 0 Å². The number of hydrogen-bond acceptors (Lipinski definition) is 4. The highest BCUT2D eigenvalue weighted by atomic mass is 79.9. The summed E-state index contributed by atoms with van der Waals surface area (Å²) in [6, 6.07) is 5.81. The van der Waals surface area contributed by atoms with E-state index in [-0.39, 0.29) is 12.6 Å². The molecular formula is C13H21BrN2O2. The largest absolute Gasteiger partial charge is 0.496 e. The fourth-order valence-corrected chi connectivity index (χ4v) is 2.21. The van der Waals surface area contributed by atoms with Gasteiger partial charge in [-0.15, -0.1) is 0 Å². The molecule has 0 bridgehead atoms. The maximum Gasteiger partial charge on any atom is 0.122 e. The SMILES string of the molecule is COc1ccc(Br)cc1CCN(C)CC(N)CO. The maximum atomic E-state index is 8.91. The van der Waals surface area contributed by atoms with Gasteiger partial charge in [0.2, 0.25) is 0 Å². The highest BCUT2D eigenvalue weighted by molar-refractivity contribution is 9.10. The Labute approximate surface area is 117 Å². The first kappa shape index (κ1) is 15.4. The summed E-state index contributed by atoms with van der Waals surface area (Å²) in [6.07, 6.45) is 0.886. The number of likely N-dealkylation sites (N-methyl/N-ethyl adjacent to an activating group) is 1. The number of benzene rings is 1. The van der Waals surface area contributed by atoms with Gasteiger partial charge in [0.05, 0.1) is 13.7 Å². The van der Waals surface area contributed by atoms with Gasteiger partial charge in [-0.3, -0.25) is 0 Å². The van der Waals surface area contributed by atoms with E-state index in [2.05, 4.69) is 26.9 Å².